The zero-order chi connectivity index (χ0) is 13.3. The number of nitrogens with two attached hydrogens (primary N) is 1. The molecule has 1 heterocycles. The Balaban J connectivity index is 2.42. The summed E-state index contributed by atoms with van der Waals surface area (Å²) >= 11 is 0. The Labute approximate surface area is 107 Å². The Hall–Kier alpha value is -1.91. The minimum atomic E-state index is 0.125. The molecule has 0 unspecified atom stereocenters. The highest BCUT2D eigenvalue weighted by Crippen LogP contribution is 2.23. The first kappa shape index (κ1) is 12.5. The van der Waals surface area contributed by atoms with E-state index in [9.17, 15) is 0 Å². The first-order valence-corrected chi connectivity index (χ1v) is 5.99. The first-order valence-electron chi connectivity index (χ1n) is 5.99. The van der Waals surface area contributed by atoms with E-state index in [1.54, 1.807) is 0 Å². The van der Waals surface area contributed by atoms with Gasteiger partial charge in [0.05, 0.1) is 0 Å². The second-order valence-corrected chi connectivity index (χ2v) is 5.85. The van der Waals surface area contributed by atoms with Crippen molar-refractivity contribution < 1.29 is 0 Å². The molecule has 2 rings (SSSR count). The molecule has 2 aromatic rings. The fourth-order valence-corrected chi connectivity index (χ4v) is 1.91. The summed E-state index contributed by atoms with van der Waals surface area (Å²) in [5, 5.41) is 11.9. The van der Waals surface area contributed by atoms with Crippen LogP contribution in [-0.4, -0.2) is 20.2 Å². The third kappa shape index (κ3) is 2.85. The van der Waals surface area contributed by atoms with Crippen molar-refractivity contribution >= 4 is 5.69 Å². The monoisotopic (exact) mass is 245 g/mol. The van der Waals surface area contributed by atoms with Crippen LogP contribution in [0.3, 0.4) is 0 Å². The second kappa shape index (κ2) is 4.40. The van der Waals surface area contributed by atoms with Crippen molar-refractivity contribution in [2.75, 3.05) is 5.73 Å². The summed E-state index contributed by atoms with van der Waals surface area (Å²) in [6, 6.07) is 5.88. The maximum absolute atomic E-state index is 5.86. The van der Waals surface area contributed by atoms with E-state index in [0.29, 0.717) is 0 Å². The lowest BCUT2D eigenvalue weighted by Gasteiger charge is -2.18. The summed E-state index contributed by atoms with van der Waals surface area (Å²) in [7, 11) is 0. The molecule has 5 nitrogen and oxygen atoms in total. The van der Waals surface area contributed by atoms with Crippen molar-refractivity contribution in [2.24, 2.45) is 5.41 Å². The highest BCUT2D eigenvalue weighted by Gasteiger charge is 2.17. The number of anilines is 1. The molecule has 0 saturated carbocycles. The van der Waals surface area contributed by atoms with Gasteiger partial charge in [-0.25, -0.2) is 4.68 Å². The van der Waals surface area contributed by atoms with Crippen LogP contribution in [0.15, 0.2) is 18.2 Å². The summed E-state index contributed by atoms with van der Waals surface area (Å²) in [4.78, 5) is 0. The molecule has 0 aliphatic carbocycles. The highest BCUT2D eigenvalue weighted by molar-refractivity contribution is 5.62. The van der Waals surface area contributed by atoms with Crippen LogP contribution in [0.25, 0.3) is 11.4 Å². The molecule has 0 atom stereocenters. The lowest BCUT2D eigenvalue weighted by molar-refractivity contribution is 0.323. The van der Waals surface area contributed by atoms with Gasteiger partial charge in [-0.3, -0.25) is 0 Å². The second-order valence-electron chi connectivity index (χ2n) is 5.85. The lowest BCUT2D eigenvalue weighted by Crippen LogP contribution is -2.17. The molecule has 0 saturated heterocycles. The topological polar surface area (TPSA) is 69.6 Å². The standard InChI is InChI=1S/C13H19N5/c1-9-5-10(7-11(14)6-9)12-15-16-17-18(12)8-13(2,3)4/h5-7H,8,14H2,1-4H3. The van der Waals surface area contributed by atoms with E-state index in [0.717, 1.165) is 29.2 Å². The average molecular weight is 245 g/mol. The lowest BCUT2D eigenvalue weighted by atomic mass is 9.97. The van der Waals surface area contributed by atoms with Crippen molar-refractivity contribution in [1.82, 2.24) is 20.2 Å². The molecule has 0 aliphatic heterocycles. The average Bonchev–Trinajstić information content (AvgIpc) is 2.61. The van der Waals surface area contributed by atoms with Crippen molar-refractivity contribution in [1.29, 1.82) is 0 Å². The minimum Gasteiger partial charge on any atom is -0.399 e. The molecule has 0 amide bonds. The molecule has 1 aromatic heterocycles. The van der Waals surface area contributed by atoms with E-state index in [2.05, 4.69) is 36.3 Å². The zero-order valence-corrected chi connectivity index (χ0v) is 11.3. The number of rotatable bonds is 2. The summed E-state index contributed by atoms with van der Waals surface area (Å²) in [5.41, 5.74) is 8.79. The normalized spacial score (nSPS) is 11.8. The van der Waals surface area contributed by atoms with E-state index < -0.39 is 0 Å². The Morgan fingerprint density at radius 2 is 1.94 bits per heavy atom. The van der Waals surface area contributed by atoms with Gasteiger partial charge in [0.2, 0.25) is 0 Å². The van der Waals surface area contributed by atoms with Gasteiger partial charge >= 0.3 is 0 Å². The zero-order valence-electron chi connectivity index (χ0n) is 11.3. The third-order valence-corrected chi connectivity index (χ3v) is 2.51. The number of hydrogen-bond acceptors (Lipinski definition) is 4. The number of aryl methyl sites for hydroxylation is 1. The van der Waals surface area contributed by atoms with Gasteiger partial charge in [-0.05, 0) is 46.5 Å². The smallest absolute Gasteiger partial charge is 0.182 e. The molecule has 0 bridgehead atoms. The fraction of sp³-hybridized carbons (Fsp3) is 0.462. The Morgan fingerprint density at radius 1 is 1.22 bits per heavy atom. The SMILES string of the molecule is Cc1cc(N)cc(-c2nnnn2CC(C)(C)C)c1. The Bertz CT molecular complexity index is 530. The van der Waals surface area contributed by atoms with E-state index in [-0.39, 0.29) is 5.41 Å². The summed E-state index contributed by atoms with van der Waals surface area (Å²) in [5.74, 6) is 0.764. The molecule has 96 valence electrons. The molecule has 0 radical (unpaired) electrons. The van der Waals surface area contributed by atoms with Gasteiger partial charge in [-0.15, -0.1) is 5.10 Å². The number of hydrogen-bond donors (Lipinski definition) is 1. The van der Waals surface area contributed by atoms with Gasteiger partial charge in [0, 0.05) is 17.8 Å². The summed E-state index contributed by atoms with van der Waals surface area (Å²) in [6.07, 6.45) is 0. The van der Waals surface area contributed by atoms with Gasteiger partial charge in [0.15, 0.2) is 5.82 Å². The number of nitrogen functional groups attached to an aromatic ring is 1. The molecular formula is C13H19N5. The Morgan fingerprint density at radius 3 is 2.56 bits per heavy atom. The molecule has 2 N–H and O–H groups in total. The molecule has 18 heavy (non-hydrogen) atoms. The van der Waals surface area contributed by atoms with Crippen molar-refractivity contribution in [3.63, 3.8) is 0 Å². The van der Waals surface area contributed by atoms with Crippen LogP contribution in [0.5, 0.6) is 0 Å². The number of nitrogens with zero attached hydrogens (tertiary/aromatic N) is 4. The molecule has 0 aliphatic rings. The predicted octanol–water partition coefficient (Wildman–Crippen LogP) is 2.28. The van der Waals surface area contributed by atoms with Gasteiger partial charge in [-0.1, -0.05) is 20.8 Å². The van der Waals surface area contributed by atoms with Crippen LogP contribution in [-0.2, 0) is 6.54 Å². The fourth-order valence-electron chi connectivity index (χ4n) is 1.91. The minimum absolute atomic E-state index is 0.125. The molecule has 5 heteroatoms. The Kier molecular flexibility index (Phi) is 3.07. The number of aromatic nitrogens is 4. The van der Waals surface area contributed by atoms with E-state index >= 15 is 0 Å². The molecule has 0 fully saturated rings. The van der Waals surface area contributed by atoms with E-state index in [1.165, 1.54) is 0 Å². The van der Waals surface area contributed by atoms with E-state index in [4.69, 9.17) is 5.73 Å². The number of benzene rings is 1. The van der Waals surface area contributed by atoms with Crippen LogP contribution in [0, 0.1) is 12.3 Å². The van der Waals surface area contributed by atoms with Crippen LogP contribution >= 0.6 is 0 Å². The van der Waals surface area contributed by atoms with Crippen LogP contribution in [0.4, 0.5) is 5.69 Å². The van der Waals surface area contributed by atoms with Crippen LogP contribution < -0.4 is 5.73 Å². The van der Waals surface area contributed by atoms with Gasteiger partial charge < -0.3 is 5.73 Å². The first-order chi connectivity index (χ1) is 8.35. The van der Waals surface area contributed by atoms with Crippen LogP contribution in [0.1, 0.15) is 26.3 Å². The van der Waals surface area contributed by atoms with E-state index in [1.807, 2.05) is 29.8 Å². The van der Waals surface area contributed by atoms with Crippen molar-refractivity contribution in [2.45, 2.75) is 34.2 Å². The van der Waals surface area contributed by atoms with Crippen molar-refractivity contribution in [3.05, 3.63) is 23.8 Å². The number of tetrazole rings is 1. The van der Waals surface area contributed by atoms with Gasteiger partial charge in [-0.2, -0.15) is 0 Å². The van der Waals surface area contributed by atoms with Crippen molar-refractivity contribution in [3.8, 4) is 11.4 Å². The maximum Gasteiger partial charge on any atom is 0.182 e. The quantitative estimate of drug-likeness (QED) is 0.824. The van der Waals surface area contributed by atoms with Crippen LogP contribution in [0.2, 0.25) is 0 Å². The summed E-state index contributed by atoms with van der Waals surface area (Å²) in [6.45, 7) is 9.25. The maximum atomic E-state index is 5.86. The van der Waals surface area contributed by atoms with Gasteiger partial charge in [0.25, 0.3) is 0 Å². The largest absolute Gasteiger partial charge is 0.399 e. The molecular weight excluding hydrogens is 226 g/mol. The third-order valence-electron chi connectivity index (χ3n) is 2.51. The molecule has 0 spiro atoms. The van der Waals surface area contributed by atoms with Gasteiger partial charge in [0.1, 0.15) is 0 Å². The predicted molar refractivity (Wildman–Crippen MR) is 71.9 cm³/mol. The highest BCUT2D eigenvalue weighted by atomic mass is 15.5. The molecule has 1 aromatic carbocycles. The summed E-state index contributed by atoms with van der Waals surface area (Å²) < 4.78 is 1.83.